The lowest BCUT2D eigenvalue weighted by Gasteiger charge is -2.34. The number of amides is 1. The monoisotopic (exact) mass is 307 g/mol. The number of ether oxygens (including phenoxy) is 1. The van der Waals surface area contributed by atoms with Gasteiger partial charge >= 0.3 is 5.97 Å². The lowest BCUT2D eigenvalue weighted by atomic mass is 9.88. The summed E-state index contributed by atoms with van der Waals surface area (Å²) in [6, 6.07) is 7.79. The number of hydrogen-bond donors (Lipinski definition) is 2. The average Bonchev–Trinajstić information content (AvgIpc) is 2.92. The zero-order valence-corrected chi connectivity index (χ0v) is 12.3. The van der Waals surface area contributed by atoms with E-state index in [1.54, 1.807) is 11.8 Å². The van der Waals surface area contributed by atoms with Crippen molar-refractivity contribution >= 4 is 23.6 Å². The van der Waals surface area contributed by atoms with Crippen LogP contribution in [0.25, 0.3) is 0 Å². The van der Waals surface area contributed by atoms with E-state index in [0.29, 0.717) is 31.8 Å². The second-order valence-electron chi connectivity index (χ2n) is 5.39. The second-order valence-corrected chi connectivity index (χ2v) is 6.45. The molecule has 1 unspecified atom stereocenters. The number of carbonyl (C=O) groups excluding carboxylic acids is 1. The highest BCUT2D eigenvalue weighted by Gasteiger charge is 2.43. The fourth-order valence-corrected chi connectivity index (χ4v) is 4.04. The minimum absolute atomic E-state index is 0.197. The van der Waals surface area contributed by atoms with E-state index < -0.39 is 11.5 Å². The Morgan fingerprint density at radius 2 is 2.00 bits per heavy atom. The molecule has 0 spiro atoms. The Bertz CT molecular complexity index is 569. The van der Waals surface area contributed by atoms with Gasteiger partial charge in [0, 0.05) is 36.7 Å². The molecule has 0 bridgehead atoms. The molecule has 0 radical (unpaired) electrons. The first-order valence-electron chi connectivity index (χ1n) is 6.97. The predicted octanol–water partition coefficient (Wildman–Crippen LogP) is 1.63. The molecule has 5 nitrogen and oxygen atoms in total. The number of benzene rings is 1. The van der Waals surface area contributed by atoms with Gasteiger partial charge in [-0.15, -0.1) is 11.8 Å². The summed E-state index contributed by atoms with van der Waals surface area (Å²) in [5.41, 5.74) is -0.190. The third-order valence-electron chi connectivity index (χ3n) is 4.13. The predicted molar refractivity (Wildman–Crippen MR) is 78.5 cm³/mol. The Balaban J connectivity index is 1.78. The molecule has 0 saturated carbocycles. The molecule has 1 atom stereocenters. The van der Waals surface area contributed by atoms with Crippen molar-refractivity contribution in [1.29, 1.82) is 0 Å². The zero-order chi connectivity index (χ0) is 14.9. The van der Waals surface area contributed by atoms with Gasteiger partial charge < -0.3 is 15.2 Å². The largest absolute Gasteiger partial charge is 0.480 e. The molecule has 1 aromatic rings. The molecule has 1 fully saturated rings. The van der Waals surface area contributed by atoms with Crippen molar-refractivity contribution in [2.75, 3.05) is 19.0 Å². The Hall–Kier alpha value is -1.53. The van der Waals surface area contributed by atoms with Crippen LogP contribution in [0, 0.1) is 0 Å². The second kappa shape index (κ2) is 5.69. The normalized spacial score (nSPS) is 23.3. The SMILES string of the molecule is O=C(NC1(C(=O)O)CCOCC1)C1CSc2ccccc21. The van der Waals surface area contributed by atoms with Crippen LogP contribution < -0.4 is 5.32 Å². The summed E-state index contributed by atoms with van der Waals surface area (Å²) in [7, 11) is 0. The minimum Gasteiger partial charge on any atom is -0.480 e. The highest BCUT2D eigenvalue weighted by atomic mass is 32.2. The van der Waals surface area contributed by atoms with Gasteiger partial charge in [-0.1, -0.05) is 18.2 Å². The van der Waals surface area contributed by atoms with E-state index in [9.17, 15) is 14.7 Å². The highest BCUT2D eigenvalue weighted by Crippen LogP contribution is 2.39. The molecule has 112 valence electrons. The first-order chi connectivity index (χ1) is 10.1. The van der Waals surface area contributed by atoms with Crippen LogP contribution in [-0.2, 0) is 14.3 Å². The average molecular weight is 307 g/mol. The van der Waals surface area contributed by atoms with Crippen LogP contribution in [0.4, 0.5) is 0 Å². The number of carboxylic acid groups (broad SMARTS) is 1. The van der Waals surface area contributed by atoms with Gasteiger partial charge in [0.25, 0.3) is 0 Å². The highest BCUT2D eigenvalue weighted by molar-refractivity contribution is 7.99. The van der Waals surface area contributed by atoms with E-state index >= 15 is 0 Å². The summed E-state index contributed by atoms with van der Waals surface area (Å²) in [5.74, 6) is -0.780. The van der Waals surface area contributed by atoms with Gasteiger partial charge in [-0.05, 0) is 11.6 Å². The molecule has 6 heteroatoms. The molecule has 1 saturated heterocycles. The lowest BCUT2D eigenvalue weighted by Crippen LogP contribution is -2.58. The fourth-order valence-electron chi connectivity index (χ4n) is 2.81. The van der Waals surface area contributed by atoms with E-state index in [-0.39, 0.29) is 11.8 Å². The number of aliphatic carboxylic acids is 1. The summed E-state index contributed by atoms with van der Waals surface area (Å²) in [5, 5.41) is 12.3. The fraction of sp³-hybridized carbons (Fsp3) is 0.467. The molecule has 1 aromatic carbocycles. The van der Waals surface area contributed by atoms with Crippen LogP contribution in [-0.4, -0.2) is 41.5 Å². The van der Waals surface area contributed by atoms with Crippen LogP contribution in [0.2, 0.25) is 0 Å². The maximum Gasteiger partial charge on any atom is 0.329 e. The van der Waals surface area contributed by atoms with Crippen LogP contribution in [0.3, 0.4) is 0 Å². The summed E-state index contributed by atoms with van der Waals surface area (Å²) in [6.45, 7) is 0.727. The molecule has 2 heterocycles. The van der Waals surface area contributed by atoms with Crippen molar-refractivity contribution < 1.29 is 19.4 Å². The van der Waals surface area contributed by atoms with Gasteiger partial charge in [0.15, 0.2) is 0 Å². The summed E-state index contributed by atoms with van der Waals surface area (Å²) < 4.78 is 5.22. The number of carboxylic acids is 1. The van der Waals surface area contributed by atoms with Crippen LogP contribution in [0.1, 0.15) is 24.3 Å². The third kappa shape index (κ3) is 2.65. The smallest absolute Gasteiger partial charge is 0.329 e. The standard InChI is InChI=1S/C15H17NO4S/c17-13(11-9-21-12-4-2-1-3-10(11)12)16-15(14(18)19)5-7-20-8-6-15/h1-4,11H,5-9H2,(H,16,17)(H,18,19). The van der Waals surface area contributed by atoms with E-state index in [1.165, 1.54) is 0 Å². The van der Waals surface area contributed by atoms with Crippen molar-refractivity contribution in [3.8, 4) is 0 Å². The van der Waals surface area contributed by atoms with E-state index in [1.807, 2.05) is 24.3 Å². The van der Waals surface area contributed by atoms with E-state index in [0.717, 1.165) is 10.5 Å². The molecule has 0 aromatic heterocycles. The Morgan fingerprint density at radius 3 is 2.71 bits per heavy atom. The molecule has 2 N–H and O–H groups in total. The summed E-state index contributed by atoms with van der Waals surface area (Å²) in [4.78, 5) is 25.3. The molecule has 2 aliphatic heterocycles. The number of carbonyl (C=O) groups is 2. The first-order valence-corrected chi connectivity index (χ1v) is 7.96. The summed E-state index contributed by atoms with van der Waals surface area (Å²) >= 11 is 1.64. The summed E-state index contributed by atoms with van der Waals surface area (Å²) in [6.07, 6.45) is 0.630. The van der Waals surface area contributed by atoms with Crippen molar-refractivity contribution in [2.45, 2.75) is 29.2 Å². The molecule has 0 aliphatic carbocycles. The number of hydrogen-bond acceptors (Lipinski definition) is 4. The number of thioether (sulfide) groups is 1. The maximum absolute atomic E-state index is 12.6. The van der Waals surface area contributed by atoms with Gasteiger partial charge in [-0.2, -0.15) is 0 Å². The molecule has 1 amide bonds. The Labute approximate surface area is 127 Å². The maximum atomic E-state index is 12.6. The zero-order valence-electron chi connectivity index (χ0n) is 11.5. The van der Waals surface area contributed by atoms with Crippen molar-refractivity contribution in [2.24, 2.45) is 0 Å². The third-order valence-corrected chi connectivity index (χ3v) is 5.32. The van der Waals surface area contributed by atoms with Gasteiger partial charge in [0.2, 0.25) is 5.91 Å². The van der Waals surface area contributed by atoms with Crippen LogP contribution >= 0.6 is 11.8 Å². The van der Waals surface area contributed by atoms with Gasteiger partial charge in [-0.25, -0.2) is 4.79 Å². The molecule has 2 aliphatic rings. The molecular formula is C15H17NO4S. The van der Waals surface area contributed by atoms with Gasteiger partial charge in [-0.3, -0.25) is 4.79 Å². The van der Waals surface area contributed by atoms with Crippen molar-refractivity contribution in [3.05, 3.63) is 29.8 Å². The minimum atomic E-state index is -1.18. The van der Waals surface area contributed by atoms with Crippen LogP contribution in [0.5, 0.6) is 0 Å². The van der Waals surface area contributed by atoms with Gasteiger partial charge in [0.1, 0.15) is 5.54 Å². The van der Waals surface area contributed by atoms with Crippen molar-refractivity contribution in [3.63, 3.8) is 0 Å². The quantitative estimate of drug-likeness (QED) is 0.887. The Morgan fingerprint density at radius 1 is 1.29 bits per heavy atom. The Kier molecular flexibility index (Phi) is 3.91. The van der Waals surface area contributed by atoms with E-state index in [4.69, 9.17) is 4.74 Å². The topological polar surface area (TPSA) is 75.6 Å². The van der Waals surface area contributed by atoms with Crippen LogP contribution in [0.15, 0.2) is 29.2 Å². The number of fused-ring (bicyclic) bond motifs is 1. The number of rotatable bonds is 3. The number of nitrogens with one attached hydrogen (secondary N) is 1. The van der Waals surface area contributed by atoms with Gasteiger partial charge in [0.05, 0.1) is 5.92 Å². The molecule has 3 rings (SSSR count). The molecule has 21 heavy (non-hydrogen) atoms. The van der Waals surface area contributed by atoms with Crippen molar-refractivity contribution in [1.82, 2.24) is 5.32 Å². The molecular weight excluding hydrogens is 290 g/mol. The van der Waals surface area contributed by atoms with E-state index in [2.05, 4.69) is 5.32 Å². The lowest BCUT2D eigenvalue weighted by molar-refractivity contribution is -0.152. The first kappa shape index (κ1) is 14.4.